The fourth-order valence-corrected chi connectivity index (χ4v) is 1.81. The molecule has 0 bridgehead atoms. The van der Waals surface area contributed by atoms with E-state index < -0.39 is 0 Å². The van der Waals surface area contributed by atoms with Crippen LogP contribution in [0.2, 0.25) is 0 Å². The van der Waals surface area contributed by atoms with Crippen molar-refractivity contribution in [3.05, 3.63) is 0 Å². The molecule has 1 aromatic rings. The second-order valence-corrected chi connectivity index (χ2v) is 4.09. The first-order valence-electron chi connectivity index (χ1n) is 4.44. The highest BCUT2D eigenvalue weighted by Crippen LogP contribution is 2.19. The van der Waals surface area contributed by atoms with Gasteiger partial charge >= 0.3 is 0 Å². The third-order valence-electron chi connectivity index (χ3n) is 1.71. The highest BCUT2D eigenvalue weighted by molar-refractivity contribution is 8.00. The lowest BCUT2D eigenvalue weighted by Gasteiger charge is -2.08. The van der Waals surface area contributed by atoms with E-state index >= 15 is 0 Å². The van der Waals surface area contributed by atoms with Crippen LogP contribution in [-0.4, -0.2) is 50.1 Å². The predicted molar refractivity (Wildman–Crippen MR) is 54.3 cm³/mol. The number of tetrazole rings is 1. The third kappa shape index (κ3) is 3.17. The molecule has 2 N–H and O–H groups in total. The number of thioether (sulfide) groups is 1. The van der Waals surface area contributed by atoms with Gasteiger partial charge in [-0.05, 0) is 17.4 Å². The third-order valence-corrected chi connectivity index (χ3v) is 2.78. The highest BCUT2D eigenvalue weighted by atomic mass is 32.2. The lowest BCUT2D eigenvalue weighted by atomic mass is 10.4. The molecule has 0 saturated heterocycles. The molecule has 15 heavy (non-hydrogen) atoms. The molecule has 84 valence electrons. The summed E-state index contributed by atoms with van der Waals surface area (Å²) in [6.45, 7) is 2.06. The van der Waals surface area contributed by atoms with E-state index in [0.29, 0.717) is 11.7 Å². The maximum Gasteiger partial charge on any atom is 0.233 e. The zero-order chi connectivity index (χ0) is 11.3. The van der Waals surface area contributed by atoms with Crippen LogP contribution in [0.1, 0.15) is 6.92 Å². The average molecular weight is 231 g/mol. The van der Waals surface area contributed by atoms with Crippen molar-refractivity contribution >= 4 is 17.7 Å². The van der Waals surface area contributed by atoms with Gasteiger partial charge in [-0.2, -0.15) is 0 Å². The molecule has 7 nitrogen and oxygen atoms in total. The van der Waals surface area contributed by atoms with Crippen LogP contribution in [0.15, 0.2) is 5.16 Å². The van der Waals surface area contributed by atoms with Gasteiger partial charge in [0.1, 0.15) is 0 Å². The molecule has 1 rings (SSSR count). The zero-order valence-electron chi connectivity index (χ0n) is 8.54. The Hall–Kier alpha value is -1.15. The van der Waals surface area contributed by atoms with Gasteiger partial charge in [-0.3, -0.25) is 4.79 Å². The molecular formula is C7H13N5O2S. The lowest BCUT2D eigenvalue weighted by Crippen LogP contribution is -2.27. The molecule has 0 fully saturated rings. The van der Waals surface area contributed by atoms with Gasteiger partial charge < -0.3 is 10.4 Å². The molecule has 0 spiro atoms. The lowest BCUT2D eigenvalue weighted by molar-refractivity contribution is -0.119. The summed E-state index contributed by atoms with van der Waals surface area (Å²) in [7, 11) is 1.58. The summed E-state index contributed by atoms with van der Waals surface area (Å²) in [5, 5.41) is 22.5. The van der Waals surface area contributed by atoms with Gasteiger partial charge in [0.25, 0.3) is 0 Å². The van der Waals surface area contributed by atoms with Crippen molar-refractivity contribution in [1.29, 1.82) is 0 Å². The van der Waals surface area contributed by atoms with Gasteiger partial charge in [0.05, 0.1) is 18.4 Å². The number of nitrogens with one attached hydrogen (secondary N) is 1. The van der Waals surface area contributed by atoms with Gasteiger partial charge in [-0.25, -0.2) is 4.68 Å². The number of carbonyl (C=O) groups excluding carboxylic acids is 1. The van der Waals surface area contributed by atoms with Gasteiger partial charge in [-0.1, -0.05) is 11.8 Å². The molecule has 0 aliphatic carbocycles. The van der Waals surface area contributed by atoms with E-state index in [-0.39, 0.29) is 17.8 Å². The molecule has 8 heteroatoms. The van der Waals surface area contributed by atoms with Crippen LogP contribution in [0.5, 0.6) is 0 Å². The Bertz CT molecular complexity index is 329. The number of amides is 1. The van der Waals surface area contributed by atoms with Crippen molar-refractivity contribution in [1.82, 2.24) is 25.5 Å². The van der Waals surface area contributed by atoms with Crippen molar-refractivity contribution in [3.63, 3.8) is 0 Å². The van der Waals surface area contributed by atoms with Gasteiger partial charge in [0.15, 0.2) is 0 Å². The van der Waals surface area contributed by atoms with E-state index in [4.69, 9.17) is 5.11 Å². The van der Waals surface area contributed by atoms with E-state index in [2.05, 4.69) is 20.8 Å². The van der Waals surface area contributed by atoms with Crippen molar-refractivity contribution in [2.75, 3.05) is 13.7 Å². The average Bonchev–Trinajstić information content (AvgIpc) is 2.65. The Labute approximate surface area is 91.2 Å². The van der Waals surface area contributed by atoms with Crippen molar-refractivity contribution < 1.29 is 9.90 Å². The van der Waals surface area contributed by atoms with Gasteiger partial charge in [0.2, 0.25) is 11.1 Å². The quantitative estimate of drug-likeness (QED) is 0.624. The summed E-state index contributed by atoms with van der Waals surface area (Å²) in [4.78, 5) is 11.2. The number of aliphatic hydroxyl groups is 1. The number of hydrogen-bond donors (Lipinski definition) is 2. The van der Waals surface area contributed by atoms with Crippen LogP contribution in [0.3, 0.4) is 0 Å². The summed E-state index contributed by atoms with van der Waals surface area (Å²) in [6, 6.07) is 0. The molecule has 1 heterocycles. The molecule has 0 aliphatic heterocycles. The second kappa shape index (κ2) is 5.66. The van der Waals surface area contributed by atoms with E-state index in [1.54, 1.807) is 14.0 Å². The summed E-state index contributed by atoms with van der Waals surface area (Å²) < 4.78 is 1.46. The minimum absolute atomic E-state index is 0.0348. The van der Waals surface area contributed by atoms with Crippen molar-refractivity contribution in [2.24, 2.45) is 0 Å². The molecule has 1 atom stereocenters. The molecule has 0 aromatic carbocycles. The van der Waals surface area contributed by atoms with Crippen LogP contribution in [0.4, 0.5) is 0 Å². The maximum absolute atomic E-state index is 11.2. The van der Waals surface area contributed by atoms with Crippen LogP contribution in [0, 0.1) is 0 Å². The molecule has 0 saturated carbocycles. The predicted octanol–water partition coefficient (Wildman–Crippen LogP) is -1.11. The number of rotatable bonds is 5. The Kier molecular flexibility index (Phi) is 4.50. The monoisotopic (exact) mass is 231 g/mol. The Morgan fingerprint density at radius 1 is 1.73 bits per heavy atom. The molecule has 0 aliphatic rings. The van der Waals surface area contributed by atoms with Crippen molar-refractivity contribution in [3.8, 4) is 0 Å². The summed E-state index contributed by atoms with van der Waals surface area (Å²) in [5.74, 6) is -0.0847. The molecule has 0 radical (unpaired) electrons. The van der Waals surface area contributed by atoms with Gasteiger partial charge in [-0.15, -0.1) is 5.10 Å². The van der Waals surface area contributed by atoms with Crippen LogP contribution in [-0.2, 0) is 11.3 Å². The normalized spacial score (nSPS) is 12.5. The van der Waals surface area contributed by atoms with Crippen molar-refractivity contribution in [2.45, 2.75) is 23.9 Å². The number of carbonyl (C=O) groups is 1. The SMILES string of the molecule is CNC(=O)C(C)Sc1nnnn1CCO. The fraction of sp³-hybridized carbons (Fsp3) is 0.714. The van der Waals surface area contributed by atoms with E-state index in [1.165, 1.54) is 16.4 Å². The Morgan fingerprint density at radius 2 is 2.47 bits per heavy atom. The standard InChI is InChI=1S/C7H13N5O2S/c1-5(6(14)8-2)15-7-9-10-11-12(7)3-4-13/h5,13H,3-4H2,1-2H3,(H,8,14). The largest absolute Gasteiger partial charge is 0.394 e. The van der Waals surface area contributed by atoms with E-state index in [9.17, 15) is 4.79 Å². The number of hydrogen-bond acceptors (Lipinski definition) is 6. The van der Waals surface area contributed by atoms with Gasteiger partial charge in [0, 0.05) is 7.05 Å². The Balaban J connectivity index is 2.63. The number of aromatic nitrogens is 4. The van der Waals surface area contributed by atoms with E-state index in [0.717, 1.165) is 0 Å². The fourth-order valence-electron chi connectivity index (χ4n) is 0.931. The Morgan fingerprint density at radius 3 is 3.07 bits per heavy atom. The smallest absolute Gasteiger partial charge is 0.233 e. The summed E-state index contributed by atoms with van der Waals surface area (Å²) >= 11 is 1.25. The topological polar surface area (TPSA) is 92.9 Å². The summed E-state index contributed by atoms with van der Waals surface area (Å²) in [5.41, 5.74) is 0. The maximum atomic E-state index is 11.2. The first kappa shape index (κ1) is 11.9. The number of aliphatic hydroxyl groups excluding tert-OH is 1. The highest BCUT2D eigenvalue weighted by Gasteiger charge is 2.16. The van der Waals surface area contributed by atoms with Crippen LogP contribution >= 0.6 is 11.8 Å². The summed E-state index contributed by atoms with van der Waals surface area (Å²) in [6.07, 6.45) is 0. The minimum Gasteiger partial charge on any atom is -0.394 e. The first-order chi connectivity index (χ1) is 7.19. The first-order valence-corrected chi connectivity index (χ1v) is 5.32. The van der Waals surface area contributed by atoms with Crippen LogP contribution in [0.25, 0.3) is 0 Å². The van der Waals surface area contributed by atoms with E-state index in [1.807, 2.05) is 0 Å². The second-order valence-electron chi connectivity index (χ2n) is 2.78. The molecule has 1 aromatic heterocycles. The number of nitrogens with zero attached hydrogens (tertiary/aromatic N) is 4. The molecule has 1 unspecified atom stereocenters. The minimum atomic E-state index is -0.265. The molecular weight excluding hydrogens is 218 g/mol. The zero-order valence-corrected chi connectivity index (χ0v) is 9.36. The van der Waals surface area contributed by atoms with Crippen LogP contribution < -0.4 is 5.32 Å². The molecule has 1 amide bonds.